The summed E-state index contributed by atoms with van der Waals surface area (Å²) in [4.78, 5) is 24.8. The maximum absolute atomic E-state index is 13.7. The molecule has 2 aliphatic rings. The second-order valence-corrected chi connectivity index (χ2v) is 8.95. The zero-order chi connectivity index (χ0) is 23.7. The summed E-state index contributed by atoms with van der Waals surface area (Å²) in [6, 6.07) is 6.82. The van der Waals surface area contributed by atoms with Gasteiger partial charge in [-0.2, -0.15) is 0 Å². The highest BCUT2D eigenvalue weighted by molar-refractivity contribution is 5.98. The Kier molecular flexibility index (Phi) is 4.49. The van der Waals surface area contributed by atoms with E-state index in [9.17, 15) is 18.7 Å². The van der Waals surface area contributed by atoms with Gasteiger partial charge in [-0.1, -0.05) is 6.07 Å². The molecule has 1 saturated heterocycles. The Bertz CT molecular complexity index is 1460. The summed E-state index contributed by atoms with van der Waals surface area (Å²) < 4.78 is 38.7. The van der Waals surface area contributed by atoms with Crippen LogP contribution >= 0.6 is 0 Å². The first-order valence-corrected chi connectivity index (χ1v) is 10.9. The van der Waals surface area contributed by atoms with E-state index in [1.807, 2.05) is 0 Å². The van der Waals surface area contributed by atoms with Crippen LogP contribution in [-0.2, 0) is 20.5 Å². The van der Waals surface area contributed by atoms with Crippen LogP contribution in [0.3, 0.4) is 0 Å². The first-order chi connectivity index (χ1) is 16.3. The molecule has 4 aromatic rings. The predicted octanol–water partition coefficient (Wildman–Crippen LogP) is 3.50. The van der Waals surface area contributed by atoms with E-state index in [4.69, 9.17) is 14.9 Å². The molecule has 34 heavy (non-hydrogen) atoms. The van der Waals surface area contributed by atoms with Gasteiger partial charge >= 0.3 is 0 Å². The predicted molar refractivity (Wildman–Crippen MR) is 117 cm³/mol. The largest absolute Gasteiger partial charge is 0.436 e. The third kappa shape index (κ3) is 3.09. The maximum Gasteiger partial charge on any atom is 0.281 e. The fourth-order valence-corrected chi connectivity index (χ4v) is 4.63. The van der Waals surface area contributed by atoms with Crippen LogP contribution in [0.2, 0.25) is 0 Å². The first-order valence-electron chi connectivity index (χ1n) is 10.9. The lowest BCUT2D eigenvalue weighted by Crippen LogP contribution is -2.29. The second-order valence-electron chi connectivity index (χ2n) is 8.95. The molecule has 8 nitrogen and oxygen atoms in total. The number of primary amides is 1. The zero-order valence-corrected chi connectivity index (χ0v) is 17.9. The fraction of sp³-hybridized carbons (Fsp3) is 0.333. The summed E-state index contributed by atoms with van der Waals surface area (Å²) in [5, 5.41) is 11.4. The summed E-state index contributed by atoms with van der Waals surface area (Å²) in [6.07, 6.45) is 1.38. The van der Waals surface area contributed by atoms with Gasteiger partial charge in [0.15, 0.2) is 5.58 Å². The molecule has 2 fully saturated rings. The molecule has 1 aliphatic carbocycles. The number of pyridine rings is 2. The molecule has 174 valence electrons. The molecule has 0 radical (unpaired) electrons. The molecule has 0 spiro atoms. The van der Waals surface area contributed by atoms with Crippen LogP contribution in [-0.4, -0.2) is 39.2 Å². The van der Waals surface area contributed by atoms with Gasteiger partial charge in [0, 0.05) is 36.2 Å². The van der Waals surface area contributed by atoms with Crippen LogP contribution in [0.15, 0.2) is 41.1 Å². The summed E-state index contributed by atoms with van der Waals surface area (Å²) >= 11 is 0. The molecule has 10 heteroatoms. The summed E-state index contributed by atoms with van der Waals surface area (Å²) in [5.74, 6) is -0.312. The number of alkyl halides is 2. The third-order valence-corrected chi connectivity index (χ3v) is 6.88. The smallest absolute Gasteiger partial charge is 0.281 e. The van der Waals surface area contributed by atoms with Crippen molar-refractivity contribution in [2.45, 2.75) is 36.7 Å². The first kappa shape index (κ1) is 21.1. The minimum atomic E-state index is -2.81. The van der Waals surface area contributed by atoms with E-state index in [2.05, 4.69) is 15.0 Å². The number of nitrogens with zero attached hydrogens (tertiary/aromatic N) is 3. The minimum Gasteiger partial charge on any atom is -0.436 e. The fourth-order valence-electron chi connectivity index (χ4n) is 4.63. The zero-order valence-electron chi connectivity index (χ0n) is 17.9. The normalized spacial score (nSPS) is 21.5. The molecule has 1 aromatic carbocycles. The second kappa shape index (κ2) is 7.25. The monoisotopic (exact) mass is 466 g/mol. The lowest BCUT2D eigenvalue weighted by atomic mass is 9.93. The number of rotatable bonds is 5. The molecule has 1 saturated carbocycles. The van der Waals surface area contributed by atoms with Crippen LogP contribution in [0, 0.1) is 0 Å². The van der Waals surface area contributed by atoms with Gasteiger partial charge in [-0.15, -0.1) is 0 Å². The Labute approximate surface area is 191 Å². The molecule has 4 heterocycles. The number of ether oxygens (including phenoxy) is 1. The Morgan fingerprint density at radius 2 is 1.94 bits per heavy atom. The van der Waals surface area contributed by atoms with Gasteiger partial charge in [-0.3, -0.25) is 14.8 Å². The Morgan fingerprint density at radius 1 is 1.12 bits per heavy atom. The molecule has 1 atom stereocenters. The van der Waals surface area contributed by atoms with Crippen molar-refractivity contribution in [1.82, 2.24) is 15.0 Å². The van der Waals surface area contributed by atoms with Gasteiger partial charge in [0.1, 0.15) is 16.8 Å². The van der Waals surface area contributed by atoms with Crippen molar-refractivity contribution in [3.63, 3.8) is 0 Å². The van der Waals surface area contributed by atoms with E-state index in [0.29, 0.717) is 59.2 Å². The highest BCUT2D eigenvalue weighted by Gasteiger charge is 2.51. The number of hydrogen-bond donors (Lipinski definition) is 2. The number of aromatic nitrogens is 3. The number of halogens is 2. The number of carbonyl (C=O) groups excluding carboxylic acids is 1. The minimum absolute atomic E-state index is 0.150. The van der Waals surface area contributed by atoms with Crippen molar-refractivity contribution in [3.05, 3.63) is 53.6 Å². The molecule has 1 aliphatic heterocycles. The Hall–Kier alpha value is -3.50. The molecule has 0 bridgehead atoms. The number of nitrogens with two attached hydrogens (primary N) is 1. The van der Waals surface area contributed by atoms with Crippen LogP contribution in [0.5, 0.6) is 0 Å². The molecule has 0 unspecified atom stereocenters. The highest BCUT2D eigenvalue weighted by Crippen LogP contribution is 2.48. The van der Waals surface area contributed by atoms with E-state index >= 15 is 0 Å². The topological polar surface area (TPSA) is 124 Å². The number of carbonyl (C=O) groups is 1. The number of amides is 1. The third-order valence-electron chi connectivity index (χ3n) is 6.88. The van der Waals surface area contributed by atoms with E-state index in [1.165, 1.54) is 12.4 Å². The van der Waals surface area contributed by atoms with Gasteiger partial charge in [0.05, 0.1) is 23.3 Å². The van der Waals surface area contributed by atoms with Gasteiger partial charge in [0.2, 0.25) is 11.8 Å². The lowest BCUT2D eigenvalue weighted by Gasteiger charge is -2.20. The van der Waals surface area contributed by atoms with Crippen molar-refractivity contribution in [1.29, 1.82) is 0 Å². The SMILES string of the molecule is NC(=O)C1(c2cc3c(-c4nc5ccc([C@@]6(O)CCOC6)cc5o4)cnc(C(F)F)c3cn2)CC1. The van der Waals surface area contributed by atoms with Gasteiger partial charge in [0.25, 0.3) is 6.43 Å². The number of fused-ring (bicyclic) bond motifs is 2. The lowest BCUT2D eigenvalue weighted by molar-refractivity contribution is -0.120. The maximum atomic E-state index is 13.7. The van der Waals surface area contributed by atoms with E-state index in [1.54, 1.807) is 24.3 Å². The number of hydrogen-bond acceptors (Lipinski definition) is 7. The van der Waals surface area contributed by atoms with Gasteiger partial charge in [-0.05, 0) is 36.6 Å². The van der Waals surface area contributed by atoms with Crippen molar-refractivity contribution < 1.29 is 27.8 Å². The van der Waals surface area contributed by atoms with Crippen molar-refractivity contribution >= 4 is 27.8 Å². The number of oxazole rings is 1. The average Bonchev–Trinajstić information content (AvgIpc) is 3.35. The van der Waals surface area contributed by atoms with Gasteiger partial charge in [-0.25, -0.2) is 13.8 Å². The van der Waals surface area contributed by atoms with E-state index in [-0.39, 0.29) is 17.9 Å². The molecule has 1 amide bonds. The Balaban J connectivity index is 1.52. The van der Waals surface area contributed by atoms with Crippen LogP contribution in [0.1, 0.15) is 42.6 Å². The van der Waals surface area contributed by atoms with Crippen LogP contribution < -0.4 is 5.73 Å². The van der Waals surface area contributed by atoms with Crippen molar-refractivity contribution in [2.24, 2.45) is 5.73 Å². The van der Waals surface area contributed by atoms with Crippen molar-refractivity contribution in [2.75, 3.05) is 13.2 Å². The number of aliphatic hydroxyl groups is 1. The van der Waals surface area contributed by atoms with Crippen LogP contribution in [0.25, 0.3) is 33.3 Å². The standard InChI is InChI=1S/C24H20F2N4O4/c25-20(26)19-14-9-28-18(23(3-4-23)22(27)31)8-13(14)15(10-29-19)21-30-16-2-1-12(7-17(16)34-21)24(32)5-6-33-11-24/h1-2,7-10,20,32H,3-6,11H2,(H2,27,31)/t24-/m1/s1. The Morgan fingerprint density at radius 3 is 2.62 bits per heavy atom. The highest BCUT2D eigenvalue weighted by atomic mass is 19.3. The van der Waals surface area contributed by atoms with Crippen molar-refractivity contribution in [3.8, 4) is 11.5 Å². The van der Waals surface area contributed by atoms with Crippen LogP contribution in [0.4, 0.5) is 8.78 Å². The molecular weight excluding hydrogens is 446 g/mol. The average molecular weight is 466 g/mol. The van der Waals surface area contributed by atoms with Gasteiger partial charge < -0.3 is 20.0 Å². The number of benzene rings is 1. The van der Waals surface area contributed by atoms with E-state index in [0.717, 1.165) is 0 Å². The molecular formula is C24H20F2N4O4. The summed E-state index contributed by atoms with van der Waals surface area (Å²) in [7, 11) is 0. The molecule has 3 N–H and O–H groups in total. The summed E-state index contributed by atoms with van der Waals surface area (Å²) in [6.45, 7) is 0.661. The quantitative estimate of drug-likeness (QED) is 0.461. The molecule has 6 rings (SSSR count). The van der Waals surface area contributed by atoms with E-state index < -0.39 is 29.0 Å². The summed E-state index contributed by atoms with van der Waals surface area (Å²) in [5.41, 5.74) is 5.65. The molecule has 3 aromatic heterocycles.